The summed E-state index contributed by atoms with van der Waals surface area (Å²) in [5.74, 6) is 1.69. The van der Waals surface area contributed by atoms with E-state index in [4.69, 9.17) is 0 Å². The fraction of sp³-hybridized carbons (Fsp3) is 0.583. The third kappa shape index (κ3) is 2.10. The lowest BCUT2D eigenvalue weighted by atomic mass is 10.3. The van der Waals surface area contributed by atoms with Crippen molar-refractivity contribution in [2.45, 2.75) is 40.8 Å². The first-order chi connectivity index (χ1) is 8.71. The predicted molar refractivity (Wildman–Crippen MR) is 71.5 cm³/mol. The van der Waals surface area contributed by atoms with Gasteiger partial charge in [-0.15, -0.1) is 10.2 Å². The lowest BCUT2D eigenvalue weighted by Gasteiger charge is -2.08. The van der Waals surface area contributed by atoms with Crippen LogP contribution in [0.25, 0.3) is 11.5 Å². The molecule has 0 aliphatic carbocycles. The van der Waals surface area contributed by atoms with Crippen LogP contribution in [0.1, 0.15) is 26.5 Å². The quantitative estimate of drug-likeness (QED) is 0.878. The van der Waals surface area contributed by atoms with Crippen molar-refractivity contribution in [1.82, 2.24) is 24.5 Å². The van der Waals surface area contributed by atoms with Crippen LogP contribution < -0.4 is 5.32 Å². The van der Waals surface area contributed by atoms with Crippen molar-refractivity contribution < 1.29 is 0 Å². The Morgan fingerprint density at radius 1 is 1.17 bits per heavy atom. The molecule has 0 aromatic carbocycles. The van der Waals surface area contributed by atoms with Crippen LogP contribution in [0, 0.1) is 6.92 Å². The highest BCUT2D eigenvalue weighted by molar-refractivity contribution is 5.53. The van der Waals surface area contributed by atoms with Crippen LogP contribution in [0.4, 0.5) is 5.95 Å². The second kappa shape index (κ2) is 5.20. The Labute approximate surface area is 107 Å². The Balaban J connectivity index is 2.49. The zero-order valence-corrected chi connectivity index (χ0v) is 11.4. The molecule has 0 fully saturated rings. The second-order valence-corrected chi connectivity index (χ2v) is 4.11. The van der Waals surface area contributed by atoms with Crippen molar-refractivity contribution in [1.29, 1.82) is 0 Å². The summed E-state index contributed by atoms with van der Waals surface area (Å²) in [5, 5.41) is 16.2. The fourth-order valence-corrected chi connectivity index (χ4v) is 2.05. The molecule has 1 N–H and O–H groups in total. The maximum absolute atomic E-state index is 4.45. The van der Waals surface area contributed by atoms with Gasteiger partial charge in [0.05, 0.1) is 5.69 Å². The largest absolute Gasteiger partial charge is 0.355 e. The van der Waals surface area contributed by atoms with Gasteiger partial charge in [0.2, 0.25) is 5.95 Å². The maximum Gasteiger partial charge on any atom is 0.224 e. The molecule has 2 rings (SSSR count). The van der Waals surface area contributed by atoms with Crippen LogP contribution >= 0.6 is 0 Å². The molecule has 0 amide bonds. The molecule has 0 bridgehead atoms. The van der Waals surface area contributed by atoms with Gasteiger partial charge in [0.1, 0.15) is 5.69 Å². The van der Waals surface area contributed by atoms with Gasteiger partial charge in [0, 0.05) is 19.6 Å². The third-order valence-electron chi connectivity index (χ3n) is 2.83. The van der Waals surface area contributed by atoms with Crippen LogP contribution in [0.15, 0.2) is 6.07 Å². The van der Waals surface area contributed by atoms with Gasteiger partial charge in [-0.3, -0.25) is 9.25 Å². The Hall–Kier alpha value is -1.85. The molecule has 2 heterocycles. The van der Waals surface area contributed by atoms with E-state index in [9.17, 15) is 0 Å². The zero-order chi connectivity index (χ0) is 13.1. The van der Waals surface area contributed by atoms with E-state index >= 15 is 0 Å². The molecule has 0 aliphatic rings. The Morgan fingerprint density at radius 2 is 1.94 bits per heavy atom. The summed E-state index contributed by atoms with van der Waals surface area (Å²) in [6.07, 6.45) is 0. The van der Waals surface area contributed by atoms with Gasteiger partial charge < -0.3 is 5.32 Å². The molecule has 2 aromatic heterocycles. The number of nitrogens with zero attached hydrogens (tertiary/aromatic N) is 5. The molecule has 2 aromatic rings. The van der Waals surface area contributed by atoms with Crippen LogP contribution in [-0.4, -0.2) is 31.1 Å². The van der Waals surface area contributed by atoms with Gasteiger partial charge in [0.25, 0.3) is 0 Å². The highest BCUT2D eigenvalue weighted by Gasteiger charge is 2.16. The van der Waals surface area contributed by atoms with Crippen LogP contribution in [-0.2, 0) is 13.1 Å². The molecular weight excluding hydrogens is 228 g/mol. The lowest BCUT2D eigenvalue weighted by molar-refractivity contribution is 0.650. The Bertz CT molecular complexity index is 525. The van der Waals surface area contributed by atoms with Crippen LogP contribution in [0.2, 0.25) is 0 Å². The summed E-state index contributed by atoms with van der Waals surface area (Å²) in [4.78, 5) is 0. The maximum atomic E-state index is 4.45. The Morgan fingerprint density at radius 3 is 2.56 bits per heavy atom. The van der Waals surface area contributed by atoms with Crippen molar-refractivity contribution in [3.63, 3.8) is 0 Å². The van der Waals surface area contributed by atoms with Crippen LogP contribution in [0.3, 0.4) is 0 Å². The van der Waals surface area contributed by atoms with E-state index in [-0.39, 0.29) is 0 Å². The Kier molecular flexibility index (Phi) is 3.64. The van der Waals surface area contributed by atoms with Gasteiger partial charge in [-0.2, -0.15) is 5.10 Å². The molecule has 98 valence electrons. The van der Waals surface area contributed by atoms with Crippen LogP contribution in [0.5, 0.6) is 0 Å². The molecule has 0 aliphatic heterocycles. The standard InChI is InChI=1S/C12H20N6/c1-5-13-12-15-14-11(17(12)6-2)10-8-9(4)16-18(10)7-3/h8H,5-7H2,1-4H3,(H,13,15). The molecule has 6 nitrogen and oxygen atoms in total. The van der Waals surface area contributed by atoms with E-state index in [1.165, 1.54) is 0 Å². The second-order valence-electron chi connectivity index (χ2n) is 4.11. The van der Waals surface area contributed by atoms with Crippen molar-refractivity contribution in [3.8, 4) is 11.5 Å². The minimum atomic E-state index is 0.816. The molecular formula is C12H20N6. The minimum absolute atomic E-state index is 0.816. The predicted octanol–water partition coefficient (Wildman–Crippen LogP) is 1.92. The highest BCUT2D eigenvalue weighted by atomic mass is 15.4. The van der Waals surface area contributed by atoms with E-state index in [1.54, 1.807) is 0 Å². The lowest BCUT2D eigenvalue weighted by Crippen LogP contribution is -2.08. The van der Waals surface area contributed by atoms with Crippen molar-refractivity contribution >= 4 is 5.95 Å². The summed E-state index contributed by atoms with van der Waals surface area (Å²) < 4.78 is 4.04. The molecule has 18 heavy (non-hydrogen) atoms. The van der Waals surface area contributed by atoms with E-state index in [0.717, 1.165) is 42.8 Å². The topological polar surface area (TPSA) is 60.6 Å². The molecule has 6 heteroatoms. The summed E-state index contributed by atoms with van der Waals surface area (Å²) in [6.45, 7) is 10.7. The summed E-state index contributed by atoms with van der Waals surface area (Å²) in [5.41, 5.74) is 2.02. The number of hydrogen-bond acceptors (Lipinski definition) is 4. The molecule has 0 saturated carbocycles. The van der Waals surface area contributed by atoms with E-state index in [0.29, 0.717) is 0 Å². The van der Waals surface area contributed by atoms with Crippen molar-refractivity contribution in [2.75, 3.05) is 11.9 Å². The van der Waals surface area contributed by atoms with Gasteiger partial charge in [-0.05, 0) is 33.8 Å². The smallest absolute Gasteiger partial charge is 0.224 e. The van der Waals surface area contributed by atoms with Crippen molar-refractivity contribution in [2.24, 2.45) is 0 Å². The summed E-state index contributed by atoms with van der Waals surface area (Å²) >= 11 is 0. The van der Waals surface area contributed by atoms with E-state index in [1.807, 2.05) is 11.6 Å². The molecule has 0 radical (unpaired) electrons. The minimum Gasteiger partial charge on any atom is -0.355 e. The van der Waals surface area contributed by atoms with Gasteiger partial charge in [-0.1, -0.05) is 0 Å². The van der Waals surface area contributed by atoms with Crippen molar-refractivity contribution in [3.05, 3.63) is 11.8 Å². The number of anilines is 1. The number of aromatic nitrogens is 5. The number of nitrogens with one attached hydrogen (secondary N) is 1. The average Bonchev–Trinajstić information content (AvgIpc) is 2.92. The monoisotopic (exact) mass is 248 g/mol. The molecule has 0 atom stereocenters. The number of aryl methyl sites for hydroxylation is 2. The third-order valence-corrected chi connectivity index (χ3v) is 2.83. The molecule has 0 unspecified atom stereocenters. The summed E-state index contributed by atoms with van der Waals surface area (Å²) in [7, 11) is 0. The van der Waals surface area contributed by atoms with Gasteiger partial charge >= 0.3 is 0 Å². The SMILES string of the molecule is CCNc1nnc(-c2cc(C)nn2CC)n1CC. The van der Waals surface area contributed by atoms with E-state index in [2.05, 4.69) is 52.0 Å². The first kappa shape index (κ1) is 12.6. The highest BCUT2D eigenvalue weighted by Crippen LogP contribution is 2.21. The molecule has 0 spiro atoms. The van der Waals surface area contributed by atoms with E-state index < -0.39 is 0 Å². The fourth-order valence-electron chi connectivity index (χ4n) is 2.05. The number of hydrogen-bond donors (Lipinski definition) is 1. The average molecular weight is 248 g/mol. The first-order valence-electron chi connectivity index (χ1n) is 6.43. The first-order valence-corrected chi connectivity index (χ1v) is 6.43. The van der Waals surface area contributed by atoms with Gasteiger partial charge in [-0.25, -0.2) is 0 Å². The van der Waals surface area contributed by atoms with Gasteiger partial charge in [0.15, 0.2) is 5.82 Å². The zero-order valence-electron chi connectivity index (χ0n) is 11.4. The number of rotatable bonds is 5. The molecule has 0 saturated heterocycles. The normalized spacial score (nSPS) is 10.9. The summed E-state index contributed by atoms with van der Waals surface area (Å²) in [6, 6.07) is 2.05.